The van der Waals surface area contributed by atoms with E-state index in [1.165, 1.54) is 6.33 Å². The van der Waals surface area contributed by atoms with E-state index >= 15 is 0 Å². The van der Waals surface area contributed by atoms with Crippen molar-refractivity contribution in [2.24, 2.45) is 7.05 Å². The van der Waals surface area contributed by atoms with E-state index in [2.05, 4.69) is 20.4 Å². The average Bonchev–Trinajstić information content (AvgIpc) is 2.67. The Kier molecular flexibility index (Phi) is 3.22. The van der Waals surface area contributed by atoms with Crippen LogP contribution in [0.5, 0.6) is 0 Å². The summed E-state index contributed by atoms with van der Waals surface area (Å²) >= 11 is 1.96. The fourth-order valence-electron chi connectivity index (χ4n) is 1.26. The molecule has 0 aliphatic rings. The lowest BCUT2D eigenvalue weighted by Gasteiger charge is -2.04. The molecule has 0 amide bonds. The summed E-state index contributed by atoms with van der Waals surface area (Å²) in [6.07, 6.45) is 5.07. The number of aryl methyl sites for hydroxylation is 1. The number of nitrogens with zero attached hydrogens (tertiary/aromatic N) is 3. The van der Waals surface area contributed by atoms with Gasteiger partial charge in [-0.05, 0) is 22.6 Å². The number of nitrogens with one attached hydrogen (secondary N) is 2. The van der Waals surface area contributed by atoms with Gasteiger partial charge in [-0.1, -0.05) is 0 Å². The summed E-state index contributed by atoms with van der Waals surface area (Å²) in [6, 6.07) is 0. The molecular weight excluding hydrogens is 321 g/mol. The minimum absolute atomic E-state index is 0.135. The molecule has 16 heavy (non-hydrogen) atoms. The third-order valence-electron chi connectivity index (χ3n) is 2.01. The molecule has 0 unspecified atom stereocenters. The Balaban J connectivity index is 2.10. The van der Waals surface area contributed by atoms with Crippen molar-refractivity contribution < 1.29 is 0 Å². The van der Waals surface area contributed by atoms with E-state index in [4.69, 9.17) is 0 Å². The van der Waals surface area contributed by atoms with Gasteiger partial charge in [0, 0.05) is 25.4 Å². The van der Waals surface area contributed by atoms with Gasteiger partial charge in [0.1, 0.15) is 9.39 Å². The molecule has 2 N–H and O–H groups in total. The summed E-state index contributed by atoms with van der Waals surface area (Å²) in [5.41, 5.74) is 0.907. The highest BCUT2D eigenvalue weighted by molar-refractivity contribution is 14.1. The Labute approximate surface area is 105 Å². The molecule has 0 fully saturated rings. The molecule has 0 aliphatic heterocycles. The topological polar surface area (TPSA) is 75.6 Å². The van der Waals surface area contributed by atoms with Crippen LogP contribution in [0.1, 0.15) is 5.56 Å². The number of H-pyrrole nitrogens is 1. The average molecular weight is 331 g/mol. The fraction of sp³-hybridized carbons (Fsp3) is 0.222. The van der Waals surface area contributed by atoms with Crippen LogP contribution in [0.2, 0.25) is 0 Å². The molecule has 2 aromatic heterocycles. The van der Waals surface area contributed by atoms with Crippen LogP contribution in [0, 0.1) is 3.57 Å². The molecule has 2 heterocycles. The van der Waals surface area contributed by atoms with E-state index in [0.717, 1.165) is 5.56 Å². The number of hydrogen-bond donors (Lipinski definition) is 2. The van der Waals surface area contributed by atoms with Gasteiger partial charge in [-0.15, -0.1) is 0 Å². The third-order valence-corrected chi connectivity index (χ3v) is 3.02. The van der Waals surface area contributed by atoms with Gasteiger partial charge in [-0.3, -0.25) is 9.48 Å². The summed E-state index contributed by atoms with van der Waals surface area (Å²) in [6.45, 7) is 0.598. The number of anilines is 1. The van der Waals surface area contributed by atoms with Crippen molar-refractivity contribution in [2.45, 2.75) is 6.54 Å². The van der Waals surface area contributed by atoms with Crippen molar-refractivity contribution in [2.75, 3.05) is 5.32 Å². The molecule has 0 radical (unpaired) electrons. The zero-order chi connectivity index (χ0) is 11.5. The second kappa shape index (κ2) is 4.64. The maximum Gasteiger partial charge on any atom is 0.266 e. The fourth-order valence-corrected chi connectivity index (χ4v) is 1.74. The molecule has 0 aromatic carbocycles. The molecule has 2 rings (SSSR count). The summed E-state index contributed by atoms with van der Waals surface area (Å²) in [5, 5.41) is 7.15. The van der Waals surface area contributed by atoms with Gasteiger partial charge in [0.05, 0.1) is 12.5 Å². The van der Waals surface area contributed by atoms with Crippen LogP contribution in [0.3, 0.4) is 0 Å². The standard InChI is InChI=1S/C9H10IN5O/c1-15-4-6(3-14-15)2-11-8-7(10)9(16)13-5-12-8/h3-5H,2H2,1H3,(H2,11,12,13,16). The molecule has 0 saturated heterocycles. The Morgan fingerprint density at radius 3 is 3.12 bits per heavy atom. The SMILES string of the molecule is Cn1cc(CNc2nc[nH]c(=O)c2I)cn1. The van der Waals surface area contributed by atoms with Gasteiger partial charge in [-0.25, -0.2) is 4.98 Å². The quantitative estimate of drug-likeness (QED) is 0.813. The minimum atomic E-state index is -0.135. The van der Waals surface area contributed by atoms with Crippen LogP contribution in [0.25, 0.3) is 0 Å². The number of rotatable bonds is 3. The van der Waals surface area contributed by atoms with Crippen molar-refractivity contribution in [3.8, 4) is 0 Å². The van der Waals surface area contributed by atoms with Crippen LogP contribution in [-0.4, -0.2) is 19.7 Å². The smallest absolute Gasteiger partial charge is 0.266 e. The highest BCUT2D eigenvalue weighted by Gasteiger charge is 2.04. The van der Waals surface area contributed by atoms with Crippen molar-refractivity contribution in [3.63, 3.8) is 0 Å². The Bertz CT molecular complexity index is 547. The summed E-state index contributed by atoms with van der Waals surface area (Å²) in [7, 11) is 1.86. The lowest BCUT2D eigenvalue weighted by Crippen LogP contribution is -2.14. The molecule has 0 bridgehead atoms. The van der Waals surface area contributed by atoms with Crippen molar-refractivity contribution in [1.29, 1.82) is 0 Å². The number of halogens is 1. The van der Waals surface area contributed by atoms with Gasteiger partial charge < -0.3 is 10.3 Å². The lowest BCUT2D eigenvalue weighted by molar-refractivity contribution is 0.767. The Hall–Kier alpha value is -1.38. The maximum absolute atomic E-state index is 11.3. The molecule has 7 heteroatoms. The van der Waals surface area contributed by atoms with E-state index in [0.29, 0.717) is 15.9 Å². The molecule has 0 aliphatic carbocycles. The van der Waals surface area contributed by atoms with E-state index < -0.39 is 0 Å². The second-order valence-electron chi connectivity index (χ2n) is 3.27. The zero-order valence-corrected chi connectivity index (χ0v) is 10.7. The zero-order valence-electron chi connectivity index (χ0n) is 8.57. The monoisotopic (exact) mass is 331 g/mol. The highest BCUT2D eigenvalue weighted by Crippen LogP contribution is 2.10. The first-order valence-corrected chi connectivity index (χ1v) is 5.69. The van der Waals surface area contributed by atoms with E-state index in [9.17, 15) is 4.79 Å². The highest BCUT2D eigenvalue weighted by atomic mass is 127. The number of aromatic amines is 1. The van der Waals surface area contributed by atoms with Crippen LogP contribution in [0.4, 0.5) is 5.82 Å². The van der Waals surface area contributed by atoms with E-state index in [-0.39, 0.29) is 5.56 Å². The molecule has 84 valence electrons. The van der Waals surface area contributed by atoms with Crippen molar-refractivity contribution in [3.05, 3.63) is 38.2 Å². The van der Waals surface area contributed by atoms with Crippen LogP contribution >= 0.6 is 22.6 Å². The van der Waals surface area contributed by atoms with Crippen LogP contribution in [0.15, 0.2) is 23.5 Å². The van der Waals surface area contributed by atoms with E-state index in [1.54, 1.807) is 10.9 Å². The van der Waals surface area contributed by atoms with Crippen molar-refractivity contribution in [1.82, 2.24) is 19.7 Å². The van der Waals surface area contributed by atoms with Crippen LogP contribution < -0.4 is 10.9 Å². The molecule has 0 atom stereocenters. The second-order valence-corrected chi connectivity index (χ2v) is 4.35. The largest absolute Gasteiger partial charge is 0.365 e. The minimum Gasteiger partial charge on any atom is -0.365 e. The van der Waals surface area contributed by atoms with Gasteiger partial charge in [-0.2, -0.15) is 5.10 Å². The first-order valence-electron chi connectivity index (χ1n) is 4.61. The Morgan fingerprint density at radius 1 is 1.62 bits per heavy atom. The van der Waals surface area contributed by atoms with Crippen molar-refractivity contribution >= 4 is 28.4 Å². The molecule has 0 spiro atoms. The summed E-state index contributed by atoms with van der Waals surface area (Å²) in [5.74, 6) is 0.591. The van der Waals surface area contributed by atoms with Gasteiger partial charge >= 0.3 is 0 Å². The first kappa shape index (κ1) is 11.1. The summed E-state index contributed by atoms with van der Waals surface area (Å²) in [4.78, 5) is 17.9. The number of hydrogen-bond acceptors (Lipinski definition) is 4. The number of aromatic nitrogens is 4. The molecule has 6 nitrogen and oxygen atoms in total. The van der Waals surface area contributed by atoms with Gasteiger partial charge in [0.25, 0.3) is 5.56 Å². The molecule has 2 aromatic rings. The van der Waals surface area contributed by atoms with Gasteiger partial charge in [0.2, 0.25) is 0 Å². The normalized spacial score (nSPS) is 10.4. The maximum atomic E-state index is 11.3. The molecule has 0 saturated carbocycles. The molecular formula is C9H10IN5O. The third kappa shape index (κ3) is 2.40. The van der Waals surface area contributed by atoms with Gasteiger partial charge in [0.15, 0.2) is 0 Å². The first-order chi connectivity index (χ1) is 7.66. The summed E-state index contributed by atoms with van der Waals surface area (Å²) < 4.78 is 2.29. The lowest BCUT2D eigenvalue weighted by atomic mass is 10.3. The van der Waals surface area contributed by atoms with Crippen LogP contribution in [-0.2, 0) is 13.6 Å². The predicted octanol–water partition coefficient (Wildman–Crippen LogP) is 0.720. The van der Waals surface area contributed by atoms with E-state index in [1.807, 2.05) is 35.8 Å². The Morgan fingerprint density at radius 2 is 2.44 bits per heavy atom. The predicted molar refractivity (Wildman–Crippen MR) is 68.1 cm³/mol.